The molecule has 2 rings (SSSR count). The highest BCUT2D eigenvalue weighted by Gasteiger charge is 2.24. The first kappa shape index (κ1) is 11.6. The Hall–Kier alpha value is -0.900. The fourth-order valence-corrected chi connectivity index (χ4v) is 2.30. The summed E-state index contributed by atoms with van der Waals surface area (Å²) in [5.74, 6) is 2.41. The van der Waals surface area contributed by atoms with Crippen molar-refractivity contribution in [3.05, 3.63) is 11.7 Å². The van der Waals surface area contributed by atoms with Gasteiger partial charge in [-0.15, -0.1) is 0 Å². The van der Waals surface area contributed by atoms with Crippen LogP contribution in [0.4, 0.5) is 0 Å². The van der Waals surface area contributed by atoms with Crippen LogP contribution in [0, 0.1) is 5.92 Å². The van der Waals surface area contributed by atoms with Crippen molar-refractivity contribution in [3.8, 4) is 0 Å². The number of nitrogens with two attached hydrogens (primary N) is 1. The van der Waals surface area contributed by atoms with E-state index in [9.17, 15) is 0 Å². The SMILES string of the molecule is CC(C)c1noc(CC2CCCCC2N)n1. The first-order valence-corrected chi connectivity index (χ1v) is 6.25. The van der Waals surface area contributed by atoms with Crippen LogP contribution >= 0.6 is 0 Å². The van der Waals surface area contributed by atoms with Gasteiger partial charge in [0.2, 0.25) is 5.89 Å². The summed E-state index contributed by atoms with van der Waals surface area (Å²) < 4.78 is 5.26. The van der Waals surface area contributed by atoms with Crippen molar-refractivity contribution in [3.63, 3.8) is 0 Å². The van der Waals surface area contributed by atoms with E-state index in [1.165, 1.54) is 19.3 Å². The van der Waals surface area contributed by atoms with Crippen molar-refractivity contribution >= 4 is 0 Å². The van der Waals surface area contributed by atoms with E-state index >= 15 is 0 Å². The van der Waals surface area contributed by atoms with Crippen LogP contribution in [0.3, 0.4) is 0 Å². The largest absolute Gasteiger partial charge is 0.339 e. The molecule has 1 aliphatic carbocycles. The van der Waals surface area contributed by atoms with E-state index in [-0.39, 0.29) is 0 Å². The van der Waals surface area contributed by atoms with Crippen molar-refractivity contribution in [1.82, 2.24) is 10.1 Å². The molecule has 0 spiro atoms. The molecule has 0 amide bonds. The average molecular weight is 223 g/mol. The zero-order valence-corrected chi connectivity index (χ0v) is 10.1. The first-order valence-electron chi connectivity index (χ1n) is 6.25. The third kappa shape index (κ3) is 2.61. The second-order valence-electron chi connectivity index (χ2n) is 5.11. The van der Waals surface area contributed by atoms with Crippen LogP contribution in [0.5, 0.6) is 0 Å². The maximum Gasteiger partial charge on any atom is 0.226 e. The van der Waals surface area contributed by atoms with E-state index in [4.69, 9.17) is 10.3 Å². The summed E-state index contributed by atoms with van der Waals surface area (Å²) in [6.45, 7) is 4.14. The number of aromatic nitrogens is 2. The zero-order chi connectivity index (χ0) is 11.5. The molecule has 1 aromatic heterocycles. The molecule has 1 fully saturated rings. The van der Waals surface area contributed by atoms with Gasteiger partial charge in [-0.2, -0.15) is 4.98 Å². The molecule has 0 saturated heterocycles. The lowest BCUT2D eigenvalue weighted by Gasteiger charge is -2.27. The summed E-state index contributed by atoms with van der Waals surface area (Å²) in [7, 11) is 0. The Balaban J connectivity index is 1.97. The molecule has 0 radical (unpaired) electrons. The average Bonchev–Trinajstić information content (AvgIpc) is 2.70. The Labute approximate surface area is 96.6 Å². The van der Waals surface area contributed by atoms with Gasteiger partial charge in [-0.3, -0.25) is 0 Å². The van der Waals surface area contributed by atoms with Crippen molar-refractivity contribution in [2.24, 2.45) is 11.7 Å². The lowest BCUT2D eigenvalue weighted by atomic mass is 9.83. The van der Waals surface area contributed by atoms with Gasteiger partial charge in [0.25, 0.3) is 0 Å². The molecule has 4 heteroatoms. The Kier molecular flexibility index (Phi) is 3.59. The minimum Gasteiger partial charge on any atom is -0.339 e. The summed E-state index contributed by atoms with van der Waals surface area (Å²) in [5, 5.41) is 3.98. The fourth-order valence-electron chi connectivity index (χ4n) is 2.30. The first-order chi connectivity index (χ1) is 7.66. The molecule has 90 valence electrons. The number of rotatable bonds is 3. The quantitative estimate of drug-likeness (QED) is 0.853. The molecule has 1 saturated carbocycles. The van der Waals surface area contributed by atoms with Gasteiger partial charge in [0, 0.05) is 18.4 Å². The smallest absolute Gasteiger partial charge is 0.226 e. The molecule has 0 bridgehead atoms. The molecule has 2 unspecified atom stereocenters. The monoisotopic (exact) mass is 223 g/mol. The van der Waals surface area contributed by atoms with Gasteiger partial charge in [0.1, 0.15) is 0 Å². The van der Waals surface area contributed by atoms with E-state index < -0.39 is 0 Å². The van der Waals surface area contributed by atoms with Crippen LogP contribution in [0.2, 0.25) is 0 Å². The number of hydrogen-bond donors (Lipinski definition) is 1. The maximum atomic E-state index is 6.10. The van der Waals surface area contributed by atoms with Crippen molar-refractivity contribution in [2.75, 3.05) is 0 Å². The summed E-state index contributed by atoms with van der Waals surface area (Å²) in [5.41, 5.74) is 6.10. The molecule has 1 aliphatic rings. The van der Waals surface area contributed by atoms with Crippen molar-refractivity contribution < 1.29 is 4.52 Å². The molecular weight excluding hydrogens is 202 g/mol. The van der Waals surface area contributed by atoms with Gasteiger partial charge in [0.05, 0.1) is 0 Å². The summed E-state index contributed by atoms with van der Waals surface area (Å²) >= 11 is 0. The predicted octanol–water partition coefficient (Wildman–Crippen LogP) is 2.25. The highest BCUT2D eigenvalue weighted by Crippen LogP contribution is 2.26. The second kappa shape index (κ2) is 4.95. The highest BCUT2D eigenvalue weighted by atomic mass is 16.5. The molecule has 2 N–H and O–H groups in total. The normalized spacial score (nSPS) is 26.2. The van der Waals surface area contributed by atoms with Crippen LogP contribution < -0.4 is 5.73 Å². The summed E-state index contributed by atoms with van der Waals surface area (Å²) in [6.07, 6.45) is 5.72. The summed E-state index contributed by atoms with van der Waals surface area (Å²) in [6, 6.07) is 0.308. The topological polar surface area (TPSA) is 64.9 Å². The van der Waals surface area contributed by atoms with E-state index in [1.54, 1.807) is 0 Å². The molecule has 0 aliphatic heterocycles. The minimum atomic E-state index is 0.308. The van der Waals surface area contributed by atoms with Gasteiger partial charge in [-0.1, -0.05) is 31.8 Å². The van der Waals surface area contributed by atoms with Crippen LogP contribution in [0.15, 0.2) is 4.52 Å². The van der Waals surface area contributed by atoms with E-state index in [1.807, 2.05) is 0 Å². The van der Waals surface area contributed by atoms with Gasteiger partial charge in [0.15, 0.2) is 5.82 Å². The van der Waals surface area contributed by atoms with Gasteiger partial charge in [-0.25, -0.2) is 0 Å². The van der Waals surface area contributed by atoms with Gasteiger partial charge in [-0.05, 0) is 18.8 Å². The third-order valence-electron chi connectivity index (χ3n) is 3.40. The molecule has 16 heavy (non-hydrogen) atoms. The molecule has 2 atom stereocenters. The molecule has 1 aromatic rings. The summed E-state index contributed by atoms with van der Waals surface area (Å²) in [4.78, 5) is 4.40. The standard InChI is InChI=1S/C12H21N3O/c1-8(2)12-14-11(16-15-12)7-9-5-3-4-6-10(9)13/h8-10H,3-7,13H2,1-2H3. The minimum absolute atomic E-state index is 0.308. The van der Waals surface area contributed by atoms with Crippen LogP contribution in [-0.4, -0.2) is 16.2 Å². The van der Waals surface area contributed by atoms with Crippen LogP contribution in [0.1, 0.15) is 57.2 Å². The Morgan fingerprint density at radius 1 is 1.38 bits per heavy atom. The highest BCUT2D eigenvalue weighted by molar-refractivity contribution is 4.94. The number of hydrogen-bond acceptors (Lipinski definition) is 4. The lowest BCUT2D eigenvalue weighted by Crippen LogP contribution is -2.34. The maximum absolute atomic E-state index is 6.10. The van der Waals surface area contributed by atoms with Crippen LogP contribution in [0.25, 0.3) is 0 Å². The van der Waals surface area contributed by atoms with Gasteiger partial charge < -0.3 is 10.3 Å². The van der Waals surface area contributed by atoms with E-state index in [0.717, 1.165) is 24.6 Å². The predicted molar refractivity (Wildman–Crippen MR) is 62.0 cm³/mol. The number of nitrogens with zero attached hydrogens (tertiary/aromatic N) is 2. The Bertz CT molecular complexity index is 335. The lowest BCUT2D eigenvalue weighted by molar-refractivity contribution is 0.272. The third-order valence-corrected chi connectivity index (χ3v) is 3.40. The zero-order valence-electron chi connectivity index (χ0n) is 10.1. The Morgan fingerprint density at radius 2 is 2.12 bits per heavy atom. The van der Waals surface area contributed by atoms with Crippen molar-refractivity contribution in [1.29, 1.82) is 0 Å². The Morgan fingerprint density at radius 3 is 2.75 bits per heavy atom. The molecule has 4 nitrogen and oxygen atoms in total. The van der Waals surface area contributed by atoms with E-state index in [0.29, 0.717) is 17.9 Å². The molecule has 0 aromatic carbocycles. The van der Waals surface area contributed by atoms with E-state index in [2.05, 4.69) is 24.0 Å². The van der Waals surface area contributed by atoms with Crippen LogP contribution in [-0.2, 0) is 6.42 Å². The van der Waals surface area contributed by atoms with Gasteiger partial charge >= 0.3 is 0 Å². The van der Waals surface area contributed by atoms with Crippen molar-refractivity contribution in [2.45, 2.75) is 57.9 Å². The fraction of sp³-hybridized carbons (Fsp3) is 0.833. The molecule has 1 heterocycles. The second-order valence-corrected chi connectivity index (χ2v) is 5.11. The molecular formula is C12H21N3O.